The molecule has 0 bridgehead atoms. The fraction of sp³-hybridized carbons (Fsp3) is 0.333. The van der Waals surface area contributed by atoms with Crippen molar-refractivity contribution in [1.29, 1.82) is 0 Å². The Bertz CT molecular complexity index is 1050. The first-order valence-electron chi connectivity index (χ1n) is 10.6. The van der Waals surface area contributed by atoms with Gasteiger partial charge in [-0.05, 0) is 44.0 Å². The van der Waals surface area contributed by atoms with Crippen molar-refractivity contribution in [2.75, 3.05) is 31.6 Å². The molecule has 0 atom stereocenters. The topological polar surface area (TPSA) is 86.7 Å². The van der Waals surface area contributed by atoms with E-state index >= 15 is 0 Å². The van der Waals surface area contributed by atoms with Crippen LogP contribution in [0.25, 0.3) is 10.9 Å². The fourth-order valence-electron chi connectivity index (χ4n) is 4.00. The van der Waals surface area contributed by atoms with Gasteiger partial charge >= 0.3 is 6.09 Å². The van der Waals surface area contributed by atoms with Crippen LogP contribution < -0.4 is 15.4 Å². The van der Waals surface area contributed by atoms with Gasteiger partial charge in [0.05, 0.1) is 5.52 Å². The second-order valence-electron chi connectivity index (χ2n) is 7.90. The molecule has 0 spiro atoms. The number of benzene rings is 2. The summed E-state index contributed by atoms with van der Waals surface area (Å²) < 4.78 is 5.99. The molecule has 7 nitrogen and oxygen atoms in total. The van der Waals surface area contributed by atoms with Crippen LogP contribution in [0.3, 0.4) is 0 Å². The Hall–Kier alpha value is -3.32. The number of pyridine rings is 1. The molecule has 4 rings (SSSR count). The van der Waals surface area contributed by atoms with Gasteiger partial charge in [0, 0.05) is 54.2 Å². The highest BCUT2D eigenvalue weighted by Gasteiger charge is 2.20. The highest BCUT2D eigenvalue weighted by molar-refractivity contribution is 5.93. The van der Waals surface area contributed by atoms with Crippen LogP contribution in [0.2, 0.25) is 0 Å². The van der Waals surface area contributed by atoms with E-state index in [1.165, 1.54) is 0 Å². The van der Waals surface area contributed by atoms with Gasteiger partial charge in [-0.15, -0.1) is 0 Å². The lowest BCUT2D eigenvalue weighted by Crippen LogP contribution is -2.45. The van der Waals surface area contributed by atoms with E-state index in [0.29, 0.717) is 6.61 Å². The van der Waals surface area contributed by atoms with E-state index < -0.39 is 6.09 Å². The monoisotopic (exact) mass is 420 g/mol. The largest absolute Gasteiger partial charge is 0.492 e. The average Bonchev–Trinajstić information content (AvgIpc) is 2.75. The Morgan fingerprint density at radius 2 is 1.97 bits per heavy atom. The molecule has 0 aliphatic carbocycles. The van der Waals surface area contributed by atoms with Crippen LogP contribution in [-0.4, -0.2) is 53.4 Å². The number of carbonyl (C=O) groups is 1. The molecule has 1 aliphatic heterocycles. The lowest BCUT2D eigenvalue weighted by molar-refractivity contribution is 0.153. The van der Waals surface area contributed by atoms with Gasteiger partial charge in [0.15, 0.2) is 0 Å². The summed E-state index contributed by atoms with van der Waals surface area (Å²) in [5, 5.41) is 16.0. The smallest absolute Gasteiger partial charge is 0.404 e. The number of para-hydroxylation sites is 1. The zero-order valence-electron chi connectivity index (χ0n) is 17.7. The number of carboxylic acid groups (broad SMARTS) is 1. The first-order valence-corrected chi connectivity index (χ1v) is 10.6. The van der Waals surface area contributed by atoms with Crippen molar-refractivity contribution < 1.29 is 14.6 Å². The predicted octanol–water partition coefficient (Wildman–Crippen LogP) is 4.40. The maximum Gasteiger partial charge on any atom is 0.404 e. The minimum atomic E-state index is -0.940. The molecule has 162 valence electrons. The van der Waals surface area contributed by atoms with Gasteiger partial charge in [-0.3, -0.25) is 9.88 Å². The van der Waals surface area contributed by atoms with E-state index in [0.717, 1.165) is 66.2 Å². The number of nitrogens with one attached hydrogen (secondary N) is 2. The molecule has 2 aromatic carbocycles. The van der Waals surface area contributed by atoms with Crippen LogP contribution in [0.4, 0.5) is 16.2 Å². The molecule has 1 fully saturated rings. The third-order valence-electron chi connectivity index (χ3n) is 5.55. The summed E-state index contributed by atoms with van der Waals surface area (Å²) in [6, 6.07) is 18.2. The number of aryl methyl sites for hydroxylation is 1. The van der Waals surface area contributed by atoms with Crippen LogP contribution in [0, 0.1) is 6.92 Å². The van der Waals surface area contributed by atoms with E-state index in [-0.39, 0.29) is 6.04 Å². The fourth-order valence-corrected chi connectivity index (χ4v) is 4.00. The minimum absolute atomic E-state index is 0.0605. The molecular weight excluding hydrogens is 392 g/mol. The molecule has 1 amide bonds. The molecule has 2 heterocycles. The molecule has 1 aromatic heterocycles. The highest BCUT2D eigenvalue weighted by atomic mass is 16.5. The van der Waals surface area contributed by atoms with E-state index in [1.54, 1.807) is 0 Å². The lowest BCUT2D eigenvalue weighted by Gasteiger charge is -2.31. The summed E-state index contributed by atoms with van der Waals surface area (Å²) in [4.78, 5) is 17.7. The quantitative estimate of drug-likeness (QED) is 0.525. The third kappa shape index (κ3) is 5.64. The predicted molar refractivity (Wildman–Crippen MR) is 122 cm³/mol. The molecule has 7 heteroatoms. The van der Waals surface area contributed by atoms with Crippen LogP contribution in [0.15, 0.2) is 54.6 Å². The van der Waals surface area contributed by atoms with Crippen molar-refractivity contribution in [2.24, 2.45) is 0 Å². The lowest BCUT2D eigenvalue weighted by atomic mass is 10.1. The summed E-state index contributed by atoms with van der Waals surface area (Å²) >= 11 is 0. The van der Waals surface area contributed by atoms with Gasteiger partial charge in [0.1, 0.15) is 12.4 Å². The Kier molecular flexibility index (Phi) is 6.52. The van der Waals surface area contributed by atoms with E-state index in [2.05, 4.69) is 32.7 Å². The van der Waals surface area contributed by atoms with Crippen molar-refractivity contribution in [3.05, 3.63) is 60.3 Å². The third-order valence-corrected chi connectivity index (χ3v) is 5.55. The van der Waals surface area contributed by atoms with Gasteiger partial charge in [0.25, 0.3) is 0 Å². The Balaban J connectivity index is 1.32. The second-order valence-corrected chi connectivity index (χ2v) is 7.90. The van der Waals surface area contributed by atoms with Gasteiger partial charge < -0.3 is 20.5 Å². The zero-order chi connectivity index (χ0) is 21.6. The summed E-state index contributed by atoms with van der Waals surface area (Å²) in [5.74, 6) is 0.822. The normalized spacial score (nSPS) is 15.0. The molecule has 3 aromatic rings. The van der Waals surface area contributed by atoms with Gasteiger partial charge in [0.2, 0.25) is 0 Å². The Morgan fingerprint density at radius 1 is 1.16 bits per heavy atom. The van der Waals surface area contributed by atoms with E-state index in [4.69, 9.17) is 9.84 Å². The number of rotatable bonds is 7. The molecule has 0 unspecified atom stereocenters. The maximum atomic E-state index is 10.7. The van der Waals surface area contributed by atoms with Crippen molar-refractivity contribution >= 4 is 28.4 Å². The molecule has 0 saturated carbocycles. The standard InChI is InChI=1S/C24H28N4O3/c1-17-15-23(21-7-2-3-8-22(21)25-17)26-19-5-4-6-20(16-19)31-14-13-28-11-9-18(10-12-28)27-24(29)30/h2-8,15-16,18,27H,9-14H2,1H3,(H,25,26)(H,29,30). The molecule has 3 N–H and O–H groups in total. The van der Waals surface area contributed by atoms with Crippen LogP contribution in [0.5, 0.6) is 5.75 Å². The summed E-state index contributed by atoms with van der Waals surface area (Å²) in [7, 11) is 0. The number of nitrogens with zero attached hydrogens (tertiary/aromatic N) is 2. The number of hydrogen-bond donors (Lipinski definition) is 3. The Labute approximate surface area is 182 Å². The number of anilines is 2. The SMILES string of the molecule is Cc1cc(Nc2cccc(OCCN3CCC(NC(=O)O)CC3)c2)c2ccccc2n1. The van der Waals surface area contributed by atoms with Crippen LogP contribution in [0.1, 0.15) is 18.5 Å². The number of amides is 1. The van der Waals surface area contributed by atoms with Gasteiger partial charge in [-0.2, -0.15) is 0 Å². The number of piperidine rings is 1. The minimum Gasteiger partial charge on any atom is -0.492 e. The number of fused-ring (bicyclic) bond motifs is 1. The van der Waals surface area contributed by atoms with Crippen LogP contribution in [-0.2, 0) is 0 Å². The van der Waals surface area contributed by atoms with Crippen molar-refractivity contribution in [3.63, 3.8) is 0 Å². The number of hydrogen-bond acceptors (Lipinski definition) is 5. The van der Waals surface area contributed by atoms with Crippen LogP contribution >= 0.6 is 0 Å². The summed E-state index contributed by atoms with van der Waals surface area (Å²) in [6.07, 6.45) is 0.737. The first-order chi connectivity index (χ1) is 15.1. The highest BCUT2D eigenvalue weighted by Crippen LogP contribution is 2.28. The maximum absolute atomic E-state index is 10.7. The van der Waals surface area contributed by atoms with Gasteiger partial charge in [-0.1, -0.05) is 24.3 Å². The number of likely N-dealkylation sites (tertiary alicyclic amines) is 1. The Morgan fingerprint density at radius 3 is 2.77 bits per heavy atom. The number of ether oxygens (including phenoxy) is 1. The molecule has 0 radical (unpaired) electrons. The molecule has 1 saturated heterocycles. The molecular formula is C24H28N4O3. The average molecular weight is 421 g/mol. The molecule has 31 heavy (non-hydrogen) atoms. The second kappa shape index (κ2) is 9.66. The van der Waals surface area contributed by atoms with Crippen molar-refractivity contribution in [3.8, 4) is 5.75 Å². The molecule has 1 aliphatic rings. The van der Waals surface area contributed by atoms with E-state index in [1.807, 2.05) is 49.4 Å². The zero-order valence-corrected chi connectivity index (χ0v) is 17.7. The number of aromatic nitrogens is 1. The first kappa shape index (κ1) is 20.9. The van der Waals surface area contributed by atoms with Crippen molar-refractivity contribution in [1.82, 2.24) is 15.2 Å². The van der Waals surface area contributed by atoms with Gasteiger partial charge in [-0.25, -0.2) is 4.79 Å². The summed E-state index contributed by atoms with van der Waals surface area (Å²) in [6.45, 7) is 5.18. The summed E-state index contributed by atoms with van der Waals surface area (Å²) in [5.41, 5.74) is 3.93. The van der Waals surface area contributed by atoms with Crippen molar-refractivity contribution in [2.45, 2.75) is 25.8 Å². The van der Waals surface area contributed by atoms with E-state index in [9.17, 15) is 4.79 Å².